The fraction of sp³-hybridized carbons (Fsp3) is 0.562. The van der Waals surface area contributed by atoms with Gasteiger partial charge in [0.2, 0.25) is 5.91 Å². The van der Waals surface area contributed by atoms with Gasteiger partial charge in [-0.3, -0.25) is 4.79 Å². The topological polar surface area (TPSA) is 32.3 Å². The Morgan fingerprint density at radius 3 is 2.63 bits per heavy atom. The van der Waals surface area contributed by atoms with Gasteiger partial charge in [0.25, 0.3) is 0 Å². The highest BCUT2D eigenvalue weighted by Crippen LogP contribution is 2.14. The Labute approximate surface area is 117 Å². The molecule has 106 valence electrons. The van der Waals surface area contributed by atoms with E-state index >= 15 is 0 Å². The predicted octanol–water partition coefficient (Wildman–Crippen LogP) is 3.36. The van der Waals surface area contributed by atoms with Crippen LogP contribution in [0.2, 0.25) is 0 Å². The number of amides is 1. The number of nitrogens with zero attached hydrogens (tertiary/aromatic N) is 1. The summed E-state index contributed by atoms with van der Waals surface area (Å²) in [7, 11) is 1.88. The molecular weight excluding hydrogens is 236 g/mol. The van der Waals surface area contributed by atoms with Crippen molar-refractivity contribution in [1.82, 2.24) is 4.90 Å². The maximum absolute atomic E-state index is 11.8. The molecule has 0 bridgehead atoms. The Kier molecular flexibility index (Phi) is 6.40. The van der Waals surface area contributed by atoms with Gasteiger partial charge in [0.1, 0.15) is 0 Å². The summed E-state index contributed by atoms with van der Waals surface area (Å²) in [4.78, 5) is 13.7. The van der Waals surface area contributed by atoms with Crippen LogP contribution in [0.1, 0.15) is 37.3 Å². The molecule has 3 nitrogen and oxygen atoms in total. The summed E-state index contributed by atoms with van der Waals surface area (Å²) in [6.45, 7) is 7.89. The molecule has 1 amide bonds. The first kappa shape index (κ1) is 15.5. The summed E-state index contributed by atoms with van der Waals surface area (Å²) >= 11 is 0. The Morgan fingerprint density at radius 1 is 1.26 bits per heavy atom. The fourth-order valence-electron chi connectivity index (χ4n) is 1.88. The maximum Gasteiger partial charge on any atom is 0.224 e. The van der Waals surface area contributed by atoms with Crippen LogP contribution < -0.4 is 5.32 Å². The Balaban J connectivity index is 2.33. The van der Waals surface area contributed by atoms with E-state index in [-0.39, 0.29) is 5.91 Å². The van der Waals surface area contributed by atoms with Crippen LogP contribution in [0, 0.1) is 13.8 Å². The quantitative estimate of drug-likeness (QED) is 0.817. The number of hydrogen-bond donors (Lipinski definition) is 1. The summed E-state index contributed by atoms with van der Waals surface area (Å²) in [5, 5.41) is 3.31. The summed E-state index contributed by atoms with van der Waals surface area (Å²) in [5.41, 5.74) is 3.66. The number of rotatable bonds is 7. The highest BCUT2D eigenvalue weighted by molar-refractivity contribution is 5.76. The molecule has 1 aromatic carbocycles. The van der Waals surface area contributed by atoms with Gasteiger partial charge in [-0.1, -0.05) is 19.4 Å². The first-order chi connectivity index (χ1) is 9.04. The number of aryl methyl sites for hydroxylation is 2. The van der Waals surface area contributed by atoms with E-state index in [2.05, 4.69) is 44.3 Å². The molecule has 1 rings (SSSR count). The zero-order valence-corrected chi connectivity index (χ0v) is 12.6. The van der Waals surface area contributed by atoms with Crippen LogP contribution in [0.25, 0.3) is 0 Å². The van der Waals surface area contributed by atoms with Gasteiger partial charge in [0, 0.05) is 32.2 Å². The zero-order valence-electron chi connectivity index (χ0n) is 12.6. The van der Waals surface area contributed by atoms with Crippen LogP contribution in [0.4, 0.5) is 5.69 Å². The third kappa shape index (κ3) is 5.33. The molecule has 3 heteroatoms. The Hall–Kier alpha value is -1.51. The summed E-state index contributed by atoms with van der Waals surface area (Å²) < 4.78 is 0. The molecule has 0 aromatic heterocycles. The third-order valence-electron chi connectivity index (χ3n) is 3.45. The molecule has 0 aliphatic heterocycles. The van der Waals surface area contributed by atoms with E-state index in [4.69, 9.17) is 0 Å². The largest absolute Gasteiger partial charge is 0.385 e. The van der Waals surface area contributed by atoms with E-state index in [0.29, 0.717) is 13.0 Å². The van der Waals surface area contributed by atoms with Crippen molar-refractivity contribution in [3.05, 3.63) is 29.3 Å². The zero-order chi connectivity index (χ0) is 14.3. The minimum absolute atomic E-state index is 0.213. The minimum atomic E-state index is 0.213. The number of anilines is 1. The van der Waals surface area contributed by atoms with Crippen molar-refractivity contribution < 1.29 is 4.79 Å². The summed E-state index contributed by atoms with van der Waals surface area (Å²) in [6.07, 6.45) is 2.75. The van der Waals surface area contributed by atoms with E-state index in [1.807, 2.05) is 11.9 Å². The van der Waals surface area contributed by atoms with E-state index in [1.165, 1.54) is 11.1 Å². The van der Waals surface area contributed by atoms with Crippen molar-refractivity contribution in [2.24, 2.45) is 0 Å². The normalized spacial score (nSPS) is 10.3. The smallest absolute Gasteiger partial charge is 0.224 e. The number of carbonyl (C=O) groups is 1. The van der Waals surface area contributed by atoms with Crippen LogP contribution >= 0.6 is 0 Å². The molecule has 19 heavy (non-hydrogen) atoms. The predicted molar refractivity (Wildman–Crippen MR) is 81.6 cm³/mol. The minimum Gasteiger partial charge on any atom is -0.385 e. The standard InChI is InChI=1S/C16H26N2O/c1-5-6-11-18(4)16(19)9-10-17-15-8-7-13(2)14(3)12-15/h7-8,12,17H,5-6,9-11H2,1-4H3. The van der Waals surface area contributed by atoms with Crippen molar-refractivity contribution in [2.75, 3.05) is 25.5 Å². The first-order valence-corrected chi connectivity index (χ1v) is 7.09. The third-order valence-corrected chi connectivity index (χ3v) is 3.45. The van der Waals surface area contributed by atoms with Crippen molar-refractivity contribution in [3.8, 4) is 0 Å². The van der Waals surface area contributed by atoms with Gasteiger partial charge in [-0.05, 0) is 43.5 Å². The molecule has 0 saturated carbocycles. The van der Waals surface area contributed by atoms with Crippen LogP contribution in [0.15, 0.2) is 18.2 Å². The molecule has 1 N–H and O–H groups in total. The molecular formula is C16H26N2O. The van der Waals surface area contributed by atoms with Gasteiger partial charge >= 0.3 is 0 Å². The van der Waals surface area contributed by atoms with Crippen molar-refractivity contribution >= 4 is 11.6 Å². The van der Waals surface area contributed by atoms with E-state index < -0.39 is 0 Å². The lowest BCUT2D eigenvalue weighted by molar-refractivity contribution is -0.129. The van der Waals surface area contributed by atoms with Crippen molar-refractivity contribution in [2.45, 2.75) is 40.0 Å². The number of unbranched alkanes of at least 4 members (excludes halogenated alkanes) is 1. The van der Waals surface area contributed by atoms with E-state index in [0.717, 1.165) is 25.1 Å². The van der Waals surface area contributed by atoms with Crippen molar-refractivity contribution in [1.29, 1.82) is 0 Å². The highest BCUT2D eigenvalue weighted by atomic mass is 16.2. The fourth-order valence-corrected chi connectivity index (χ4v) is 1.88. The lowest BCUT2D eigenvalue weighted by atomic mass is 10.1. The summed E-state index contributed by atoms with van der Waals surface area (Å²) in [6, 6.07) is 6.29. The van der Waals surface area contributed by atoms with E-state index in [1.54, 1.807) is 0 Å². The molecule has 0 atom stereocenters. The molecule has 1 aromatic rings. The number of carbonyl (C=O) groups excluding carboxylic acids is 1. The second kappa shape index (κ2) is 7.82. The first-order valence-electron chi connectivity index (χ1n) is 7.09. The van der Waals surface area contributed by atoms with Gasteiger partial charge < -0.3 is 10.2 Å². The molecule has 0 heterocycles. The average molecular weight is 262 g/mol. The van der Waals surface area contributed by atoms with Gasteiger partial charge in [-0.15, -0.1) is 0 Å². The highest BCUT2D eigenvalue weighted by Gasteiger charge is 2.07. The number of nitrogens with one attached hydrogen (secondary N) is 1. The maximum atomic E-state index is 11.8. The lowest BCUT2D eigenvalue weighted by Crippen LogP contribution is -2.29. The van der Waals surface area contributed by atoms with Crippen LogP contribution in [-0.4, -0.2) is 30.9 Å². The Bertz CT molecular complexity index is 415. The van der Waals surface area contributed by atoms with Gasteiger partial charge in [0.05, 0.1) is 0 Å². The molecule has 0 radical (unpaired) electrons. The van der Waals surface area contributed by atoms with E-state index in [9.17, 15) is 4.79 Å². The lowest BCUT2D eigenvalue weighted by Gasteiger charge is -2.17. The molecule has 0 aliphatic carbocycles. The SMILES string of the molecule is CCCCN(C)C(=O)CCNc1ccc(C)c(C)c1. The Morgan fingerprint density at radius 2 is 2.00 bits per heavy atom. The molecule has 0 unspecified atom stereocenters. The summed E-state index contributed by atoms with van der Waals surface area (Å²) in [5.74, 6) is 0.213. The van der Waals surface area contributed by atoms with Crippen LogP contribution in [0.5, 0.6) is 0 Å². The number of hydrogen-bond acceptors (Lipinski definition) is 2. The van der Waals surface area contributed by atoms with Crippen LogP contribution in [-0.2, 0) is 4.79 Å². The van der Waals surface area contributed by atoms with Crippen LogP contribution in [0.3, 0.4) is 0 Å². The number of benzene rings is 1. The van der Waals surface area contributed by atoms with Crippen molar-refractivity contribution in [3.63, 3.8) is 0 Å². The van der Waals surface area contributed by atoms with Gasteiger partial charge in [-0.25, -0.2) is 0 Å². The molecule has 0 fully saturated rings. The average Bonchev–Trinajstić information content (AvgIpc) is 2.39. The molecule has 0 saturated heterocycles. The second-order valence-electron chi connectivity index (χ2n) is 5.14. The second-order valence-corrected chi connectivity index (χ2v) is 5.14. The van der Waals surface area contributed by atoms with Gasteiger partial charge in [-0.2, -0.15) is 0 Å². The monoisotopic (exact) mass is 262 g/mol. The van der Waals surface area contributed by atoms with Gasteiger partial charge in [0.15, 0.2) is 0 Å². The molecule has 0 spiro atoms. The molecule has 0 aliphatic rings.